The number of terminal acetylenes is 1. The zero-order valence-electron chi connectivity index (χ0n) is 74.5. The number of aliphatic hydroxyl groups is 1. The molecule has 0 radical (unpaired) electrons. The molecule has 8 heterocycles. The number of halogens is 4. The van der Waals surface area contributed by atoms with Crippen molar-refractivity contribution < 1.29 is 119 Å². The second kappa shape index (κ2) is 73.8. The number of benzene rings is 6. The number of aromatic amines is 4. The Bertz CT molecular complexity index is 6920. The molecule has 7 N–H and O–H groups in total. The van der Waals surface area contributed by atoms with Crippen molar-refractivity contribution in [3.8, 4) is 58.7 Å². The van der Waals surface area contributed by atoms with Crippen molar-refractivity contribution in [3.05, 3.63) is 429 Å². The number of methoxy groups -OCH3 is 6. The maximum Gasteiger partial charge on any atom is 1.00 e. The average Bonchev–Trinajstić information content (AvgIpc) is 0.789. The molecule has 0 saturated heterocycles. The number of nitrogens with two attached hydrogens (primary N) is 1. The van der Waals surface area contributed by atoms with Gasteiger partial charge in [0.2, 0.25) is 0 Å². The van der Waals surface area contributed by atoms with Gasteiger partial charge in [0.25, 0.3) is 27.8 Å². The molecule has 14 aromatic rings. The number of aromatic nitrogens is 13. The van der Waals surface area contributed by atoms with Crippen molar-refractivity contribution in [2.75, 3.05) is 55.0 Å². The zero-order valence-corrected chi connectivity index (χ0v) is 84.9. The second-order valence-corrected chi connectivity index (χ2v) is 29.7. The van der Waals surface area contributed by atoms with E-state index in [0.717, 1.165) is 66.8 Å². The fraction of sp³-hybridized carbons (Fsp3) is 0.272. The van der Waals surface area contributed by atoms with E-state index in [0.29, 0.717) is 62.1 Å². The molecule has 0 atom stereocenters. The minimum atomic E-state index is -0.638. The Kier molecular flexibility index (Phi) is 72.5. The van der Waals surface area contributed by atoms with Crippen LogP contribution >= 0.6 is 56.8 Å². The van der Waals surface area contributed by atoms with Gasteiger partial charge in [0, 0.05) is 48.8 Å². The Morgan fingerprint density at radius 1 is 0.414 bits per heavy atom. The molecular formula is C103H131ClI3KN16O21. The van der Waals surface area contributed by atoms with E-state index in [1.54, 1.807) is 126 Å². The Morgan fingerprint density at radius 3 is 1.05 bits per heavy atom. The quantitative estimate of drug-likeness (QED) is 0.00865. The molecule has 42 heteroatoms. The van der Waals surface area contributed by atoms with Crippen LogP contribution < -0.4 is 166 Å². The normalized spacial score (nSPS) is 9.21. The Hall–Kier alpha value is -13.2. The van der Waals surface area contributed by atoms with Crippen LogP contribution in [0.3, 0.4) is 0 Å². The first kappa shape index (κ1) is 142. The molecule has 0 fully saturated rings. The summed E-state index contributed by atoms with van der Waals surface area (Å²) in [6, 6.07) is 60.2. The number of nitrogens with zero attached hydrogens (tertiary/aromatic N) is 11. The van der Waals surface area contributed by atoms with Crippen LogP contribution in [0, 0.1) is 51.8 Å². The molecule has 6 aromatic carbocycles. The van der Waals surface area contributed by atoms with Crippen molar-refractivity contribution >= 4 is 74.2 Å². The van der Waals surface area contributed by atoms with Gasteiger partial charge in [0.15, 0.2) is 0 Å². The molecular weight excluding hydrogens is 2250 g/mol. The minimum absolute atomic E-state index is 0. The molecule has 14 rings (SSSR count). The third kappa shape index (κ3) is 44.9. The van der Waals surface area contributed by atoms with Gasteiger partial charge in [-0.3, -0.25) is 66.3 Å². The van der Waals surface area contributed by atoms with Gasteiger partial charge in [-0.25, -0.2) is 29.0 Å². The summed E-state index contributed by atoms with van der Waals surface area (Å²) in [5.41, 5.74) is 8.58. The predicted molar refractivity (Wildman–Crippen MR) is 586 cm³/mol. The van der Waals surface area contributed by atoms with E-state index in [9.17, 15) is 68.2 Å². The van der Waals surface area contributed by atoms with Gasteiger partial charge in [-0.15, -0.1) is 6.42 Å². The fourth-order valence-corrected chi connectivity index (χ4v) is 13.1. The van der Waals surface area contributed by atoms with E-state index in [-0.39, 0.29) is 238 Å². The Morgan fingerprint density at radius 2 is 0.717 bits per heavy atom. The fourth-order valence-electron chi connectivity index (χ4n) is 11.8. The van der Waals surface area contributed by atoms with E-state index in [1.165, 1.54) is 62.5 Å². The van der Waals surface area contributed by atoms with E-state index >= 15 is 0 Å². The topological polar surface area (TPSA) is 490 Å². The summed E-state index contributed by atoms with van der Waals surface area (Å²) < 4.78 is 40.5. The molecule has 0 spiro atoms. The number of hydrogen-bond donors (Lipinski definition) is 6. The third-order valence-electron chi connectivity index (χ3n) is 18.3. The number of nitrogens with one attached hydrogen (secondary N) is 4. The largest absolute Gasteiger partial charge is 1.00 e. The summed E-state index contributed by atoms with van der Waals surface area (Å²) in [4.78, 5) is 160. The molecule has 8 aromatic heterocycles. The summed E-state index contributed by atoms with van der Waals surface area (Å²) in [7, 11) is 9.51. The third-order valence-corrected chi connectivity index (χ3v) is 20.0. The van der Waals surface area contributed by atoms with E-state index in [4.69, 9.17) is 57.3 Å². The Labute approximate surface area is 936 Å². The van der Waals surface area contributed by atoms with Crippen LogP contribution in [0.4, 0.5) is 17.5 Å². The number of anilines is 1. The van der Waals surface area contributed by atoms with E-state index in [1.807, 2.05) is 178 Å². The predicted octanol–water partition coefficient (Wildman–Crippen LogP) is 10.2. The van der Waals surface area contributed by atoms with E-state index in [2.05, 4.69) is 42.7 Å². The van der Waals surface area contributed by atoms with Crippen molar-refractivity contribution in [1.82, 2.24) is 62.3 Å². The minimum Gasteiger partial charge on any atom is -1.00 e. The van der Waals surface area contributed by atoms with Crippen molar-refractivity contribution in [2.45, 2.75) is 147 Å². The van der Waals surface area contributed by atoms with Gasteiger partial charge in [-0.05, 0) is 233 Å². The molecule has 778 valence electrons. The van der Waals surface area contributed by atoms with Gasteiger partial charge < -0.3 is 88.5 Å². The summed E-state index contributed by atoms with van der Waals surface area (Å²) in [5.74, 6) is 11.6. The van der Waals surface area contributed by atoms with Crippen LogP contribution in [-0.2, 0) is 52.1 Å². The smallest absolute Gasteiger partial charge is 1.00 e. The van der Waals surface area contributed by atoms with Crippen LogP contribution in [-0.4, -0.2) is 127 Å². The summed E-state index contributed by atoms with van der Waals surface area (Å²) in [5, 5.41) is 29.2. The Balaban J connectivity index is -0.000000416. The van der Waals surface area contributed by atoms with Crippen molar-refractivity contribution in [1.29, 1.82) is 0 Å². The molecule has 37 nitrogen and oxygen atoms in total. The maximum absolute atomic E-state index is 13.6. The summed E-state index contributed by atoms with van der Waals surface area (Å²) >= 11 is 9.15. The molecule has 0 bridgehead atoms. The van der Waals surface area contributed by atoms with Crippen molar-refractivity contribution in [3.63, 3.8) is 0 Å². The molecule has 0 aliphatic heterocycles. The molecule has 0 saturated carbocycles. The molecule has 0 amide bonds. The SMILES string of the molecule is C.C.C.C.C.C.C.C.C.C.C#Cc1cccnc1[N+](=O)[O-].CC.CCO.COc1ccc(Cn2c(C#Cc3cccnc3[N+](=O)[O-])cc(=O)n(Cc3ccc(OC)cc3)c2=O)cc1.COc1ccc(Cn2c(CCc3cccnc3N)cc(=O)n(Cc3ccc(OC)cc3)c2=O)cc1.COc1ccc(Cn2c(I)cc(=O)n(Cc3ccc(OC)cc3)c2=O)cc1.O=c1cc(Cl)[nH]c(=O)[nH]1.O=c1cc(I)[nH]c(=O)[nH]1.[I-].[K+]. The summed E-state index contributed by atoms with van der Waals surface area (Å²) in [6.07, 6.45) is 10.3. The number of rotatable bonds is 23. The second-order valence-electron chi connectivity index (χ2n) is 27.0. The number of ether oxygens (including phenoxy) is 6. The van der Waals surface area contributed by atoms with Crippen LogP contribution in [0.25, 0.3) is 0 Å². The first-order chi connectivity index (χ1) is 63.9. The number of pyridine rings is 3. The molecule has 0 aliphatic rings. The van der Waals surface area contributed by atoms with Gasteiger partial charge >= 0.3 is 91.5 Å². The van der Waals surface area contributed by atoms with Crippen LogP contribution in [0.5, 0.6) is 34.5 Å². The number of aliphatic hydroxyl groups excluding tert-OH is 1. The molecule has 145 heavy (non-hydrogen) atoms. The number of nitrogen functional groups attached to an aromatic ring is 1. The number of hydrogen-bond acceptors (Lipinski definition) is 25. The first-order valence-corrected chi connectivity index (χ1v) is 42.4. The average molecular weight is 2380 g/mol. The first-order valence-electron chi connectivity index (χ1n) is 39.8. The zero-order chi connectivity index (χ0) is 97.2. The monoisotopic (exact) mass is 2380 g/mol. The standard InChI is InChI=1S/C27H22N4O6.C27H28N4O4.C20H19IN2O4.C7H4N2O2.C4H3ClN2O2.C4H3IN2O2.C2H6O.C2H6.10CH4.HI.K/c1-36-23-11-5-19(6-12-23)17-29-22(10-9-21-4-3-15-28-26(21)31(34)35)16-25(32)30(27(29)33)18-20-7-13-24(37-2)14-8-20;1-34-23-11-5-19(6-12-23)17-30-22(10-9-21-4-3-15-29-26(21)28)16-25(32)31(27(30)33)18-20-7-13-24(35-2)14-8-20;1-26-16-7-3-14(4-8-16)12-22-18(21)11-19(24)23(20(22)25)13-15-5-9-17(27-2)10-6-15;1-2-6-4-3-5-8-7(6)9(10)11;2*5-2-1-3(8)7-4(9)6-2;1-2-3;1-2;;;;;;;;;;;;/h3-8,11-16H,17-18H2,1-2H3;3-8,11-16H,9-10,17-18H2,1-2H3,(H2,28,29);3-11H,12-13H2,1-2H3;1,3-5H;2*1H,(H2,6,7,8,9);3H,2H2,1H3;1-2H3;10*1H4;1H;/q;;;;;;;;;;;;;;;;;;;+1/p-1. The van der Waals surface area contributed by atoms with E-state index < -0.39 is 43.9 Å². The van der Waals surface area contributed by atoms with Gasteiger partial charge in [0.05, 0.1) is 89.3 Å². The van der Waals surface area contributed by atoms with Crippen LogP contribution in [0.2, 0.25) is 5.15 Å². The maximum atomic E-state index is 13.6. The number of nitro groups is 2. The van der Waals surface area contributed by atoms with Crippen LogP contribution in [0.15, 0.2) is 279 Å². The molecule has 0 aliphatic carbocycles. The molecule has 0 unspecified atom stereocenters. The van der Waals surface area contributed by atoms with Gasteiger partial charge in [-0.2, -0.15) is 0 Å². The summed E-state index contributed by atoms with van der Waals surface area (Å²) in [6.45, 7) is 7.17. The van der Waals surface area contributed by atoms with Gasteiger partial charge in [-0.1, -0.05) is 190 Å². The number of aryl methyl sites for hydroxylation is 2. The van der Waals surface area contributed by atoms with Crippen molar-refractivity contribution in [2.24, 2.45) is 0 Å². The van der Waals surface area contributed by atoms with Crippen LogP contribution in [0.1, 0.15) is 156 Å². The van der Waals surface area contributed by atoms with Gasteiger partial charge in [0.1, 0.15) is 74.7 Å². The number of H-pyrrole nitrogens is 4.